The van der Waals surface area contributed by atoms with Crippen LogP contribution in [0.4, 0.5) is 9.18 Å². The van der Waals surface area contributed by atoms with Crippen molar-refractivity contribution in [3.8, 4) is 22.6 Å². The van der Waals surface area contributed by atoms with Crippen molar-refractivity contribution in [2.24, 2.45) is 13.0 Å². The first-order valence-electron chi connectivity index (χ1n) is 18.0. The number of amides is 4. The van der Waals surface area contributed by atoms with Gasteiger partial charge in [0.2, 0.25) is 5.91 Å². The van der Waals surface area contributed by atoms with Gasteiger partial charge in [-0.15, -0.1) is 0 Å². The number of benzene rings is 4. The minimum atomic E-state index is -1.74. The summed E-state index contributed by atoms with van der Waals surface area (Å²) in [7, 11) is 1.83. The van der Waals surface area contributed by atoms with Crippen LogP contribution in [0.15, 0.2) is 109 Å². The Bertz CT molecular complexity index is 2170. The molecule has 1 saturated carbocycles. The summed E-state index contributed by atoms with van der Waals surface area (Å²) >= 11 is 0. The van der Waals surface area contributed by atoms with Gasteiger partial charge in [0.25, 0.3) is 5.91 Å². The minimum Gasteiger partial charge on any atom is -0.491 e. The quantitative estimate of drug-likeness (QED) is 0.158. The lowest BCUT2D eigenvalue weighted by Crippen LogP contribution is -2.50. The number of hydrogen-bond donors (Lipinski definition) is 1. The van der Waals surface area contributed by atoms with E-state index >= 15 is 0 Å². The molecule has 0 spiro atoms. The highest BCUT2D eigenvalue weighted by molar-refractivity contribution is 6.10. The van der Waals surface area contributed by atoms with Gasteiger partial charge in [0.15, 0.2) is 5.54 Å². The Morgan fingerprint density at radius 1 is 0.944 bits per heavy atom. The van der Waals surface area contributed by atoms with E-state index in [2.05, 4.69) is 10.4 Å². The minimum absolute atomic E-state index is 0.0926. The fraction of sp³-hybridized carbons (Fsp3) is 0.286. The maximum Gasteiger partial charge on any atom is 0.325 e. The zero-order valence-corrected chi connectivity index (χ0v) is 29.8. The summed E-state index contributed by atoms with van der Waals surface area (Å²) in [5, 5.41) is 7.25. The Hall–Kier alpha value is -6.01. The maximum atomic E-state index is 14.9. The van der Waals surface area contributed by atoms with Crippen LogP contribution >= 0.6 is 0 Å². The van der Waals surface area contributed by atoms with Crippen molar-refractivity contribution in [1.29, 1.82) is 0 Å². The number of carbonyl (C=O) groups is 3. The van der Waals surface area contributed by atoms with Gasteiger partial charge in [-0.1, -0.05) is 72.8 Å². The van der Waals surface area contributed by atoms with E-state index in [1.54, 1.807) is 27.9 Å². The van der Waals surface area contributed by atoms with Crippen molar-refractivity contribution in [3.63, 3.8) is 0 Å². The molecule has 4 aromatic carbocycles. The van der Waals surface area contributed by atoms with E-state index in [4.69, 9.17) is 14.2 Å². The second-order valence-corrected chi connectivity index (χ2v) is 14.1. The number of imide groups is 1. The second-order valence-electron chi connectivity index (χ2n) is 14.1. The normalized spacial score (nSPS) is 19.6. The van der Waals surface area contributed by atoms with Crippen molar-refractivity contribution < 1.29 is 33.0 Å². The average Bonchev–Trinajstić information content (AvgIpc) is 3.92. The summed E-state index contributed by atoms with van der Waals surface area (Å²) in [6.07, 6.45) is 5.46. The van der Waals surface area contributed by atoms with Crippen molar-refractivity contribution in [1.82, 2.24) is 24.9 Å². The monoisotopic (exact) mass is 729 g/mol. The second kappa shape index (κ2) is 14.8. The molecule has 276 valence electrons. The summed E-state index contributed by atoms with van der Waals surface area (Å²) in [5.74, 6) is -0.437. The van der Waals surface area contributed by atoms with Crippen molar-refractivity contribution in [2.75, 3.05) is 19.8 Å². The molecule has 11 nitrogen and oxygen atoms in total. The molecule has 0 bridgehead atoms. The molecule has 2 aliphatic heterocycles. The van der Waals surface area contributed by atoms with Crippen molar-refractivity contribution >= 4 is 17.8 Å². The number of carbonyl (C=O) groups excluding carboxylic acids is 3. The predicted molar refractivity (Wildman–Crippen MR) is 196 cm³/mol. The number of hydrogen-bond acceptors (Lipinski definition) is 7. The lowest BCUT2D eigenvalue weighted by atomic mass is 9.88. The first kappa shape index (κ1) is 35.0. The Morgan fingerprint density at radius 2 is 1.69 bits per heavy atom. The molecular weight excluding hydrogens is 689 g/mol. The highest BCUT2D eigenvalue weighted by Crippen LogP contribution is 2.41. The molecule has 12 heteroatoms. The molecule has 54 heavy (non-hydrogen) atoms. The number of ether oxygens (including phenoxy) is 3. The zero-order valence-electron chi connectivity index (χ0n) is 29.8. The number of aryl methyl sites for hydroxylation is 1. The SMILES string of the molecule is Cn1cc(-c2ccc(C3(COCc4ccccc4)NC(=O)N(CC(=O)N4Cc5cc(F)ccc5OC[C@H]4C4CC4)C3=O)c(OCc3ccccc3)c2)cn1. The molecule has 1 aromatic heterocycles. The molecule has 1 N–H and O–H groups in total. The van der Waals surface area contributed by atoms with E-state index in [0.717, 1.165) is 40.0 Å². The van der Waals surface area contributed by atoms with Crippen LogP contribution in [0.5, 0.6) is 11.5 Å². The molecule has 3 aliphatic rings. The van der Waals surface area contributed by atoms with E-state index in [0.29, 0.717) is 22.6 Å². The molecule has 1 saturated heterocycles. The predicted octanol–water partition coefficient (Wildman–Crippen LogP) is 5.97. The molecule has 3 heterocycles. The van der Waals surface area contributed by atoms with E-state index < -0.39 is 35.7 Å². The first-order chi connectivity index (χ1) is 26.3. The number of halogens is 1. The molecule has 1 unspecified atom stereocenters. The summed E-state index contributed by atoms with van der Waals surface area (Å²) in [6.45, 7) is -0.0666. The Balaban J connectivity index is 1.14. The van der Waals surface area contributed by atoms with Crippen LogP contribution in [0.2, 0.25) is 0 Å². The van der Waals surface area contributed by atoms with Crippen LogP contribution in [-0.2, 0) is 46.7 Å². The number of fused-ring (bicyclic) bond motifs is 1. The maximum absolute atomic E-state index is 14.9. The topological polar surface area (TPSA) is 115 Å². The zero-order chi connectivity index (χ0) is 37.2. The molecule has 2 fully saturated rings. The van der Waals surface area contributed by atoms with Gasteiger partial charge < -0.3 is 24.4 Å². The number of nitrogens with one attached hydrogen (secondary N) is 1. The van der Waals surface area contributed by atoms with Crippen molar-refractivity contribution in [2.45, 2.75) is 44.2 Å². The van der Waals surface area contributed by atoms with Crippen LogP contribution in [0.1, 0.15) is 35.1 Å². The van der Waals surface area contributed by atoms with E-state index in [1.807, 2.05) is 86.0 Å². The molecule has 4 amide bonds. The van der Waals surface area contributed by atoms with Gasteiger partial charge in [-0.05, 0) is 59.7 Å². The highest BCUT2D eigenvalue weighted by Gasteiger charge is 2.55. The van der Waals surface area contributed by atoms with Gasteiger partial charge in [-0.2, -0.15) is 5.10 Å². The Kier molecular flexibility index (Phi) is 9.59. The fourth-order valence-electron chi connectivity index (χ4n) is 7.25. The number of nitrogens with zero attached hydrogens (tertiary/aromatic N) is 4. The number of aromatic nitrogens is 2. The third kappa shape index (κ3) is 7.16. The van der Waals surface area contributed by atoms with Gasteiger partial charge in [-0.25, -0.2) is 9.18 Å². The van der Waals surface area contributed by atoms with Gasteiger partial charge in [0.05, 0.1) is 25.5 Å². The summed E-state index contributed by atoms with van der Waals surface area (Å²) in [5.41, 5.74) is 2.61. The Labute approximate surface area is 312 Å². The van der Waals surface area contributed by atoms with E-state index in [9.17, 15) is 18.8 Å². The van der Waals surface area contributed by atoms with Gasteiger partial charge >= 0.3 is 6.03 Å². The lowest BCUT2D eigenvalue weighted by molar-refractivity contribution is -0.142. The standard InChI is InChI=1S/C42H40FN5O6/c1-46-21-33(20-44-46)31-14-16-35(38(19-31)53-25-29-10-6-3-7-11-29)42(27-52-24-28-8-4-2-5-9-28)40(50)48(41(51)45-42)23-39(49)47-22-32-18-34(43)15-17-37(32)54-26-36(47)30-12-13-30/h2-11,14-21,30,36H,12-13,22-27H2,1H3,(H,45,51)/t36-,42?/m0/s1. The molecule has 5 aromatic rings. The third-order valence-corrected chi connectivity index (χ3v) is 10.3. The summed E-state index contributed by atoms with van der Waals surface area (Å²) in [6, 6.07) is 27.8. The molecular formula is C42H40FN5O6. The first-order valence-corrected chi connectivity index (χ1v) is 18.0. The van der Waals surface area contributed by atoms with Crippen LogP contribution in [0, 0.1) is 11.7 Å². The fourth-order valence-corrected chi connectivity index (χ4v) is 7.25. The van der Waals surface area contributed by atoms with Crippen LogP contribution in [0.3, 0.4) is 0 Å². The smallest absolute Gasteiger partial charge is 0.325 e. The van der Waals surface area contributed by atoms with Crippen molar-refractivity contribution in [3.05, 3.63) is 138 Å². The highest BCUT2D eigenvalue weighted by atomic mass is 19.1. The molecule has 0 radical (unpaired) electrons. The van der Waals surface area contributed by atoms with E-state index in [1.165, 1.54) is 12.1 Å². The third-order valence-electron chi connectivity index (χ3n) is 10.3. The van der Waals surface area contributed by atoms with Crippen LogP contribution in [0.25, 0.3) is 11.1 Å². The van der Waals surface area contributed by atoms with Crippen LogP contribution in [-0.4, -0.2) is 63.2 Å². The summed E-state index contributed by atoms with van der Waals surface area (Å²) < 4.78 is 34.8. The summed E-state index contributed by atoms with van der Waals surface area (Å²) in [4.78, 5) is 45.7. The van der Waals surface area contributed by atoms with Gasteiger partial charge in [-0.3, -0.25) is 19.2 Å². The van der Waals surface area contributed by atoms with E-state index in [-0.39, 0.29) is 44.9 Å². The average molecular weight is 730 g/mol. The van der Waals surface area contributed by atoms with Crippen LogP contribution < -0.4 is 14.8 Å². The largest absolute Gasteiger partial charge is 0.491 e. The number of rotatable bonds is 12. The molecule has 1 aliphatic carbocycles. The lowest BCUT2D eigenvalue weighted by Gasteiger charge is -2.31. The van der Waals surface area contributed by atoms with Gasteiger partial charge in [0, 0.05) is 36.5 Å². The Morgan fingerprint density at radius 3 is 2.39 bits per heavy atom. The molecule has 8 rings (SSSR count). The molecule has 2 atom stereocenters. The number of urea groups is 1. The van der Waals surface area contributed by atoms with Gasteiger partial charge in [0.1, 0.15) is 37.1 Å².